The Morgan fingerprint density at radius 3 is 2.00 bits per heavy atom. The van der Waals surface area contributed by atoms with Gasteiger partial charge in [-0.15, -0.1) is 0 Å². The third-order valence-electron chi connectivity index (χ3n) is 7.60. The quantitative estimate of drug-likeness (QED) is 0.310. The molecular formula is C31H46O3. The lowest BCUT2D eigenvalue weighted by Crippen LogP contribution is -2.31. The maximum Gasteiger partial charge on any atom is 0.126 e. The van der Waals surface area contributed by atoms with Gasteiger partial charge in [0.05, 0.1) is 0 Å². The average Bonchev–Trinajstić information content (AvgIpc) is 2.79. The van der Waals surface area contributed by atoms with Crippen LogP contribution in [0.15, 0.2) is 42.5 Å². The zero-order chi connectivity index (χ0) is 24.5. The van der Waals surface area contributed by atoms with Crippen molar-refractivity contribution in [2.45, 2.75) is 104 Å². The van der Waals surface area contributed by atoms with E-state index in [1.165, 1.54) is 50.5 Å². The lowest BCUT2D eigenvalue weighted by molar-refractivity contribution is 0.135. The predicted molar refractivity (Wildman–Crippen MR) is 142 cm³/mol. The lowest BCUT2D eigenvalue weighted by atomic mass is 9.82. The van der Waals surface area contributed by atoms with Gasteiger partial charge >= 0.3 is 0 Å². The van der Waals surface area contributed by atoms with E-state index >= 15 is 0 Å². The van der Waals surface area contributed by atoms with Gasteiger partial charge in [-0.05, 0) is 66.3 Å². The molecule has 2 N–H and O–H groups in total. The van der Waals surface area contributed by atoms with Gasteiger partial charge in [0.1, 0.15) is 23.4 Å². The zero-order valence-electron chi connectivity index (χ0n) is 21.8. The molecule has 1 aliphatic heterocycles. The normalized spacial score (nSPS) is 19.4. The van der Waals surface area contributed by atoms with Crippen LogP contribution in [0.1, 0.15) is 103 Å². The number of aromatic hydroxyl groups is 2. The Balaban J connectivity index is 1.48. The number of hydrogen-bond acceptors (Lipinski definition) is 3. The van der Waals surface area contributed by atoms with Gasteiger partial charge < -0.3 is 14.9 Å². The SMILES string of the molecule is CC(C)CCC[C@@H](C)CCC[C@@H](C)CCCC1Oc2cc(O)ccc2CC1c1ccc(O)cc1. The molecule has 3 heteroatoms. The van der Waals surface area contributed by atoms with Crippen LogP contribution in [0.25, 0.3) is 0 Å². The van der Waals surface area contributed by atoms with Crippen molar-refractivity contribution in [1.82, 2.24) is 0 Å². The van der Waals surface area contributed by atoms with Crippen LogP contribution in [0.4, 0.5) is 0 Å². The minimum absolute atomic E-state index is 0.0898. The molecule has 3 nitrogen and oxygen atoms in total. The molecule has 0 spiro atoms. The Morgan fingerprint density at radius 2 is 1.35 bits per heavy atom. The van der Waals surface area contributed by atoms with Crippen molar-refractivity contribution < 1.29 is 14.9 Å². The second kappa shape index (κ2) is 13.1. The molecular weight excluding hydrogens is 420 g/mol. The highest BCUT2D eigenvalue weighted by Crippen LogP contribution is 2.40. The highest BCUT2D eigenvalue weighted by Gasteiger charge is 2.31. The van der Waals surface area contributed by atoms with E-state index in [1.54, 1.807) is 24.3 Å². The fraction of sp³-hybridized carbons (Fsp3) is 0.613. The first kappa shape index (κ1) is 26.4. The Hall–Kier alpha value is -2.16. The summed E-state index contributed by atoms with van der Waals surface area (Å²) in [5.41, 5.74) is 2.35. The molecule has 188 valence electrons. The summed E-state index contributed by atoms with van der Waals surface area (Å²) >= 11 is 0. The Labute approximate surface area is 207 Å². The number of rotatable bonds is 13. The molecule has 0 aliphatic carbocycles. The average molecular weight is 467 g/mol. The molecule has 34 heavy (non-hydrogen) atoms. The highest BCUT2D eigenvalue weighted by molar-refractivity contribution is 5.44. The number of ether oxygens (including phenoxy) is 1. The van der Waals surface area contributed by atoms with Crippen molar-refractivity contribution in [2.24, 2.45) is 17.8 Å². The van der Waals surface area contributed by atoms with Gasteiger partial charge in [0.25, 0.3) is 0 Å². The van der Waals surface area contributed by atoms with E-state index in [0.717, 1.165) is 48.3 Å². The topological polar surface area (TPSA) is 49.7 Å². The van der Waals surface area contributed by atoms with Gasteiger partial charge in [-0.3, -0.25) is 0 Å². The van der Waals surface area contributed by atoms with Crippen LogP contribution in [0.5, 0.6) is 17.2 Å². The fourth-order valence-electron chi connectivity index (χ4n) is 5.39. The summed E-state index contributed by atoms with van der Waals surface area (Å²) in [5.74, 6) is 4.06. The van der Waals surface area contributed by atoms with Gasteiger partial charge in [-0.25, -0.2) is 0 Å². The molecule has 0 saturated heterocycles. The number of fused-ring (bicyclic) bond motifs is 1. The van der Waals surface area contributed by atoms with Crippen molar-refractivity contribution in [3.8, 4) is 17.2 Å². The first-order valence-corrected chi connectivity index (χ1v) is 13.6. The fourth-order valence-corrected chi connectivity index (χ4v) is 5.39. The van der Waals surface area contributed by atoms with Crippen molar-refractivity contribution in [1.29, 1.82) is 0 Å². The van der Waals surface area contributed by atoms with Crippen LogP contribution in [0.2, 0.25) is 0 Å². The number of phenols is 2. The van der Waals surface area contributed by atoms with Gasteiger partial charge in [-0.1, -0.05) is 90.8 Å². The third kappa shape index (κ3) is 8.25. The van der Waals surface area contributed by atoms with Gasteiger partial charge in [0.2, 0.25) is 0 Å². The maximum absolute atomic E-state index is 9.92. The van der Waals surface area contributed by atoms with E-state index in [1.807, 2.05) is 18.2 Å². The number of hydrogen-bond donors (Lipinski definition) is 2. The molecule has 0 bridgehead atoms. The molecule has 2 aromatic carbocycles. The second-order valence-corrected chi connectivity index (χ2v) is 11.2. The van der Waals surface area contributed by atoms with Crippen LogP contribution in [-0.2, 0) is 6.42 Å². The molecule has 2 aromatic rings. The smallest absolute Gasteiger partial charge is 0.126 e. The zero-order valence-corrected chi connectivity index (χ0v) is 21.8. The third-order valence-corrected chi connectivity index (χ3v) is 7.60. The second-order valence-electron chi connectivity index (χ2n) is 11.2. The standard InChI is InChI=1S/C31H46O3/c1-22(2)8-5-9-23(3)10-6-11-24(4)12-7-13-30-29(25-14-17-27(32)18-15-25)20-26-16-19-28(33)21-31(26)34-30/h14-19,21-24,29-30,32-33H,5-13,20H2,1-4H3/t23-,24-,29?,30?/m1/s1. The van der Waals surface area contributed by atoms with Crippen LogP contribution < -0.4 is 4.74 Å². The summed E-state index contributed by atoms with van der Waals surface area (Å²) in [5, 5.41) is 19.6. The van der Waals surface area contributed by atoms with E-state index in [-0.39, 0.29) is 17.8 Å². The van der Waals surface area contributed by atoms with Crippen molar-refractivity contribution in [3.63, 3.8) is 0 Å². The lowest BCUT2D eigenvalue weighted by Gasteiger charge is -2.34. The monoisotopic (exact) mass is 466 g/mol. The minimum Gasteiger partial charge on any atom is -0.508 e. The van der Waals surface area contributed by atoms with Gasteiger partial charge in [0, 0.05) is 12.0 Å². The van der Waals surface area contributed by atoms with Crippen molar-refractivity contribution in [2.75, 3.05) is 0 Å². The van der Waals surface area contributed by atoms with E-state index in [2.05, 4.69) is 27.7 Å². The van der Waals surface area contributed by atoms with Crippen LogP contribution in [0, 0.1) is 17.8 Å². The van der Waals surface area contributed by atoms with Crippen LogP contribution >= 0.6 is 0 Å². The summed E-state index contributed by atoms with van der Waals surface area (Å²) in [4.78, 5) is 0. The van der Waals surface area contributed by atoms with E-state index < -0.39 is 0 Å². The summed E-state index contributed by atoms with van der Waals surface area (Å²) < 4.78 is 6.44. The molecule has 4 atom stereocenters. The van der Waals surface area contributed by atoms with Crippen LogP contribution in [0.3, 0.4) is 0 Å². The molecule has 0 amide bonds. The Morgan fingerprint density at radius 1 is 0.765 bits per heavy atom. The first-order chi connectivity index (χ1) is 16.3. The number of benzene rings is 2. The molecule has 0 saturated carbocycles. The molecule has 0 aromatic heterocycles. The largest absolute Gasteiger partial charge is 0.508 e. The molecule has 3 rings (SSSR count). The molecule has 0 radical (unpaired) electrons. The van der Waals surface area contributed by atoms with E-state index in [4.69, 9.17) is 4.74 Å². The van der Waals surface area contributed by atoms with Gasteiger partial charge in [-0.2, -0.15) is 0 Å². The number of phenolic OH excluding ortho intramolecular Hbond substituents is 2. The highest BCUT2D eigenvalue weighted by atomic mass is 16.5. The summed E-state index contributed by atoms with van der Waals surface area (Å²) in [7, 11) is 0. The molecule has 2 unspecified atom stereocenters. The summed E-state index contributed by atoms with van der Waals surface area (Å²) in [6.45, 7) is 9.46. The molecule has 1 aliphatic rings. The van der Waals surface area contributed by atoms with E-state index in [0.29, 0.717) is 5.75 Å². The Bertz CT molecular complexity index is 857. The van der Waals surface area contributed by atoms with Crippen molar-refractivity contribution in [3.05, 3.63) is 53.6 Å². The predicted octanol–water partition coefficient (Wildman–Crippen LogP) is 8.62. The van der Waals surface area contributed by atoms with Crippen LogP contribution in [-0.4, -0.2) is 16.3 Å². The molecule has 1 heterocycles. The molecule has 0 fully saturated rings. The van der Waals surface area contributed by atoms with Gasteiger partial charge in [0.15, 0.2) is 0 Å². The maximum atomic E-state index is 9.92. The van der Waals surface area contributed by atoms with E-state index in [9.17, 15) is 10.2 Å². The van der Waals surface area contributed by atoms with Crippen molar-refractivity contribution >= 4 is 0 Å². The summed E-state index contributed by atoms with van der Waals surface area (Å²) in [6, 6.07) is 13.0. The Kier molecular flexibility index (Phi) is 10.2. The summed E-state index contributed by atoms with van der Waals surface area (Å²) in [6.07, 6.45) is 12.5. The first-order valence-electron chi connectivity index (χ1n) is 13.6. The minimum atomic E-state index is 0.0898.